The summed E-state index contributed by atoms with van der Waals surface area (Å²) in [6, 6.07) is 13.4. The summed E-state index contributed by atoms with van der Waals surface area (Å²) in [7, 11) is 1.67. The Balaban J connectivity index is 1.27. The minimum absolute atomic E-state index is 0.0118. The zero-order valence-electron chi connectivity index (χ0n) is 21.4. The fourth-order valence-electron chi connectivity index (χ4n) is 5.51. The number of piperazine rings is 1. The summed E-state index contributed by atoms with van der Waals surface area (Å²) in [4.78, 5) is 46.6. The van der Waals surface area contributed by atoms with Gasteiger partial charge in [0, 0.05) is 38.9 Å². The number of hydrogen-bond acceptors (Lipinski definition) is 4. The Labute approximate surface area is 212 Å². The number of nitrogens with one attached hydrogen (secondary N) is 1. The van der Waals surface area contributed by atoms with Crippen LogP contribution in [0.25, 0.3) is 0 Å². The highest BCUT2D eigenvalue weighted by Crippen LogP contribution is 2.35. The third-order valence-electron chi connectivity index (χ3n) is 7.56. The zero-order valence-corrected chi connectivity index (χ0v) is 21.4. The summed E-state index contributed by atoms with van der Waals surface area (Å²) in [6.45, 7) is 9.27. The van der Waals surface area contributed by atoms with Crippen LogP contribution < -0.4 is 10.2 Å². The van der Waals surface area contributed by atoms with E-state index in [1.807, 2.05) is 36.1 Å². The average molecular weight is 488 g/mol. The summed E-state index contributed by atoms with van der Waals surface area (Å²) < 4.78 is 0. The molecule has 1 fully saturated rings. The lowest BCUT2D eigenvalue weighted by molar-refractivity contribution is -0.137. The minimum atomic E-state index is -0.516. The van der Waals surface area contributed by atoms with E-state index in [-0.39, 0.29) is 30.9 Å². The number of para-hydroxylation sites is 1. The quantitative estimate of drug-likeness (QED) is 0.720. The molecule has 3 aliphatic rings. The highest BCUT2D eigenvalue weighted by Gasteiger charge is 2.43. The highest BCUT2D eigenvalue weighted by atomic mass is 16.2. The number of rotatable bonds is 4. The molecule has 1 atom stereocenters. The number of carbonyl (C=O) groups is 3. The van der Waals surface area contributed by atoms with Crippen LogP contribution >= 0.6 is 0 Å². The predicted molar refractivity (Wildman–Crippen MR) is 139 cm³/mol. The van der Waals surface area contributed by atoms with Crippen molar-refractivity contribution in [1.82, 2.24) is 20.0 Å². The van der Waals surface area contributed by atoms with Crippen molar-refractivity contribution in [2.45, 2.75) is 26.8 Å². The topological polar surface area (TPSA) is 76.2 Å². The number of amides is 4. The second-order valence-electron chi connectivity index (χ2n) is 9.98. The first-order chi connectivity index (χ1) is 17.2. The second kappa shape index (κ2) is 9.33. The van der Waals surface area contributed by atoms with E-state index in [9.17, 15) is 14.4 Å². The largest absolute Gasteiger partial charge is 0.368 e. The second-order valence-corrected chi connectivity index (χ2v) is 9.98. The average Bonchev–Trinajstić information content (AvgIpc) is 3.18. The van der Waals surface area contributed by atoms with Crippen LogP contribution in [0.1, 0.15) is 28.3 Å². The lowest BCUT2D eigenvalue weighted by Crippen LogP contribution is -2.52. The van der Waals surface area contributed by atoms with E-state index in [1.165, 1.54) is 21.7 Å². The molecule has 1 saturated heterocycles. The lowest BCUT2D eigenvalue weighted by Gasteiger charge is -2.38. The van der Waals surface area contributed by atoms with Gasteiger partial charge < -0.3 is 20.0 Å². The summed E-state index contributed by atoms with van der Waals surface area (Å²) in [5, 5.41) is 2.95. The molecule has 8 nitrogen and oxygen atoms in total. The Morgan fingerprint density at radius 3 is 2.22 bits per heavy atom. The molecule has 2 aromatic carbocycles. The van der Waals surface area contributed by atoms with Gasteiger partial charge in [-0.05, 0) is 37.5 Å². The fourth-order valence-corrected chi connectivity index (χ4v) is 5.51. The maximum atomic E-state index is 13.5. The van der Waals surface area contributed by atoms with Gasteiger partial charge in [-0.3, -0.25) is 14.5 Å². The maximum absolute atomic E-state index is 13.5. The van der Waals surface area contributed by atoms with Crippen molar-refractivity contribution in [3.63, 3.8) is 0 Å². The highest BCUT2D eigenvalue weighted by molar-refractivity contribution is 6.03. The van der Waals surface area contributed by atoms with E-state index in [4.69, 9.17) is 0 Å². The third kappa shape index (κ3) is 4.21. The molecule has 188 valence electrons. The first-order valence-corrected chi connectivity index (χ1v) is 12.5. The van der Waals surface area contributed by atoms with Crippen molar-refractivity contribution in [3.8, 4) is 0 Å². The standard InChI is InChI=1S/C28H33N5O3/c1-18-8-10-21(11-9-18)25-24-22(30(4)28(36)29-25)16-33(27(24)35)17-23(34)31-12-14-32(15-13-31)26-19(2)6-5-7-20(26)3/h5-11,25H,12-17H2,1-4H3,(H,29,36)/t25-/m0/s1. The number of benzene rings is 2. The van der Waals surface area contributed by atoms with Crippen molar-refractivity contribution in [1.29, 1.82) is 0 Å². The summed E-state index contributed by atoms with van der Waals surface area (Å²) >= 11 is 0. The Bertz CT molecular complexity index is 1220. The molecular weight excluding hydrogens is 454 g/mol. The molecule has 5 rings (SSSR count). The van der Waals surface area contributed by atoms with Crippen LogP contribution in [-0.2, 0) is 9.59 Å². The number of anilines is 1. The van der Waals surface area contributed by atoms with E-state index in [1.54, 1.807) is 11.9 Å². The number of nitrogens with zero attached hydrogens (tertiary/aromatic N) is 4. The van der Waals surface area contributed by atoms with E-state index in [2.05, 4.69) is 42.3 Å². The molecular formula is C28H33N5O3. The van der Waals surface area contributed by atoms with Gasteiger partial charge in [0.1, 0.15) is 6.54 Å². The Morgan fingerprint density at radius 1 is 0.944 bits per heavy atom. The van der Waals surface area contributed by atoms with Gasteiger partial charge in [0.15, 0.2) is 0 Å². The van der Waals surface area contributed by atoms with Gasteiger partial charge in [0.05, 0.1) is 23.9 Å². The molecule has 0 unspecified atom stereocenters. The van der Waals surface area contributed by atoms with E-state index >= 15 is 0 Å². The van der Waals surface area contributed by atoms with Gasteiger partial charge in [-0.15, -0.1) is 0 Å². The number of aryl methyl sites for hydroxylation is 3. The Kier molecular flexibility index (Phi) is 6.20. The molecule has 0 aromatic heterocycles. The van der Waals surface area contributed by atoms with Gasteiger partial charge in [0.2, 0.25) is 5.91 Å². The molecule has 8 heteroatoms. The SMILES string of the molecule is Cc1ccc([C@@H]2NC(=O)N(C)C3=C2C(=O)N(CC(=O)N2CCN(c4c(C)cccc4C)CC2)C3)cc1. The summed E-state index contributed by atoms with van der Waals surface area (Å²) in [6.07, 6.45) is 0. The number of likely N-dealkylation sites (N-methyl/N-ethyl adjacent to an activating group) is 1. The van der Waals surface area contributed by atoms with Gasteiger partial charge in [-0.25, -0.2) is 4.79 Å². The molecule has 3 aliphatic heterocycles. The third-order valence-corrected chi connectivity index (χ3v) is 7.56. The molecule has 0 saturated carbocycles. The predicted octanol–water partition coefficient (Wildman–Crippen LogP) is 2.75. The molecule has 2 aromatic rings. The first kappa shape index (κ1) is 23.9. The van der Waals surface area contributed by atoms with Crippen LogP contribution in [0.2, 0.25) is 0 Å². The number of hydrogen-bond donors (Lipinski definition) is 1. The van der Waals surface area contributed by atoms with E-state index in [0.29, 0.717) is 24.4 Å². The van der Waals surface area contributed by atoms with Crippen LogP contribution in [0, 0.1) is 20.8 Å². The molecule has 1 N–H and O–H groups in total. The van der Waals surface area contributed by atoms with Gasteiger partial charge in [0.25, 0.3) is 5.91 Å². The normalized spacial score (nSPS) is 20.2. The van der Waals surface area contributed by atoms with Gasteiger partial charge >= 0.3 is 6.03 Å². The molecule has 0 spiro atoms. The summed E-state index contributed by atoms with van der Waals surface area (Å²) in [5.74, 6) is -0.247. The van der Waals surface area contributed by atoms with Gasteiger partial charge in [-0.2, -0.15) is 0 Å². The van der Waals surface area contributed by atoms with Crippen molar-refractivity contribution in [2.24, 2.45) is 0 Å². The Hall–Kier alpha value is -3.81. The minimum Gasteiger partial charge on any atom is -0.368 e. The number of urea groups is 1. The molecule has 4 amide bonds. The van der Waals surface area contributed by atoms with Crippen LogP contribution in [0.3, 0.4) is 0 Å². The maximum Gasteiger partial charge on any atom is 0.322 e. The lowest BCUT2D eigenvalue weighted by atomic mass is 9.95. The zero-order chi connectivity index (χ0) is 25.6. The molecule has 0 bridgehead atoms. The molecule has 36 heavy (non-hydrogen) atoms. The van der Waals surface area contributed by atoms with Gasteiger partial charge in [-0.1, -0.05) is 48.0 Å². The number of carbonyl (C=O) groups excluding carboxylic acids is 3. The Morgan fingerprint density at radius 2 is 1.58 bits per heavy atom. The molecule has 0 aliphatic carbocycles. The van der Waals surface area contributed by atoms with Crippen LogP contribution in [0.4, 0.5) is 10.5 Å². The van der Waals surface area contributed by atoms with E-state index < -0.39 is 6.04 Å². The van der Waals surface area contributed by atoms with Crippen molar-refractivity contribution >= 4 is 23.5 Å². The van der Waals surface area contributed by atoms with Crippen molar-refractivity contribution < 1.29 is 14.4 Å². The molecule has 0 radical (unpaired) electrons. The molecule has 3 heterocycles. The monoisotopic (exact) mass is 487 g/mol. The van der Waals surface area contributed by atoms with Crippen molar-refractivity contribution in [2.75, 3.05) is 51.2 Å². The van der Waals surface area contributed by atoms with E-state index in [0.717, 1.165) is 24.2 Å². The van der Waals surface area contributed by atoms with Crippen LogP contribution in [0.15, 0.2) is 53.7 Å². The summed E-state index contributed by atoms with van der Waals surface area (Å²) in [5.41, 5.74) is 6.91. The first-order valence-electron chi connectivity index (χ1n) is 12.5. The fraction of sp³-hybridized carbons (Fsp3) is 0.393. The van der Waals surface area contributed by atoms with Crippen LogP contribution in [-0.4, -0.2) is 78.9 Å². The smallest absolute Gasteiger partial charge is 0.322 e. The van der Waals surface area contributed by atoms with Crippen LogP contribution in [0.5, 0.6) is 0 Å². The van der Waals surface area contributed by atoms with Crippen molar-refractivity contribution in [3.05, 3.63) is 76.0 Å².